The molecule has 0 aliphatic rings. The second-order valence-electron chi connectivity index (χ2n) is 5.33. The molecule has 0 aliphatic carbocycles. The van der Waals surface area contributed by atoms with E-state index in [1.165, 1.54) is 0 Å². The molecular formula is C18H22N2O3S. The number of aromatic nitrogens is 1. The third-order valence-corrected chi connectivity index (χ3v) is 4.41. The van der Waals surface area contributed by atoms with E-state index in [9.17, 15) is 9.00 Å². The Kier molecular flexibility index (Phi) is 6.93. The highest BCUT2D eigenvalue weighted by Crippen LogP contribution is 2.15. The molecule has 6 heteroatoms. The molecule has 24 heavy (non-hydrogen) atoms. The van der Waals surface area contributed by atoms with Gasteiger partial charge in [0.25, 0.3) is 5.91 Å². The second kappa shape index (κ2) is 9.17. The average molecular weight is 346 g/mol. The Morgan fingerprint density at radius 3 is 2.67 bits per heavy atom. The fourth-order valence-corrected chi connectivity index (χ4v) is 2.60. The maximum atomic E-state index is 12.2. The van der Waals surface area contributed by atoms with Gasteiger partial charge < -0.3 is 10.1 Å². The average Bonchev–Trinajstić information content (AvgIpc) is 2.61. The molecule has 1 aromatic heterocycles. The Bertz CT molecular complexity index is 702. The van der Waals surface area contributed by atoms with Crippen molar-refractivity contribution in [2.45, 2.75) is 31.2 Å². The summed E-state index contributed by atoms with van der Waals surface area (Å²) in [6, 6.07) is 10.5. The number of nitrogens with one attached hydrogen (secondary N) is 1. The van der Waals surface area contributed by atoms with Crippen LogP contribution in [-0.2, 0) is 17.3 Å². The van der Waals surface area contributed by atoms with E-state index in [-0.39, 0.29) is 5.91 Å². The first-order chi connectivity index (χ1) is 11.6. The van der Waals surface area contributed by atoms with Crippen LogP contribution in [0, 0.1) is 0 Å². The van der Waals surface area contributed by atoms with Gasteiger partial charge in [-0.25, -0.2) is 4.98 Å². The molecule has 0 saturated heterocycles. The first kappa shape index (κ1) is 18.1. The van der Waals surface area contributed by atoms with Crippen molar-refractivity contribution in [3.8, 4) is 5.88 Å². The van der Waals surface area contributed by atoms with E-state index in [4.69, 9.17) is 4.74 Å². The third kappa shape index (κ3) is 5.16. The molecular weight excluding hydrogens is 324 g/mol. The number of carbonyl (C=O) groups is 1. The van der Waals surface area contributed by atoms with Gasteiger partial charge in [-0.1, -0.05) is 19.4 Å². The lowest BCUT2D eigenvalue weighted by Crippen LogP contribution is -2.23. The summed E-state index contributed by atoms with van der Waals surface area (Å²) in [4.78, 5) is 17.1. The van der Waals surface area contributed by atoms with Gasteiger partial charge in [0.15, 0.2) is 0 Å². The van der Waals surface area contributed by atoms with Crippen molar-refractivity contribution < 1.29 is 13.7 Å². The van der Waals surface area contributed by atoms with Gasteiger partial charge in [-0.2, -0.15) is 0 Å². The Morgan fingerprint density at radius 2 is 2.00 bits per heavy atom. The van der Waals surface area contributed by atoms with E-state index in [1.54, 1.807) is 36.7 Å². The molecule has 1 N–H and O–H groups in total. The van der Waals surface area contributed by atoms with Crippen LogP contribution in [0.3, 0.4) is 0 Å². The van der Waals surface area contributed by atoms with E-state index in [1.807, 2.05) is 12.1 Å². The quantitative estimate of drug-likeness (QED) is 0.746. The number of ether oxygens (including phenoxy) is 1. The van der Waals surface area contributed by atoms with Gasteiger partial charge in [0.05, 0.1) is 6.61 Å². The number of hydrogen-bond donors (Lipinski definition) is 1. The first-order valence-electron chi connectivity index (χ1n) is 7.90. The van der Waals surface area contributed by atoms with Gasteiger partial charge in [-0.05, 0) is 36.8 Å². The third-order valence-electron chi connectivity index (χ3n) is 3.47. The predicted octanol–water partition coefficient (Wildman–Crippen LogP) is 2.93. The molecule has 1 heterocycles. The van der Waals surface area contributed by atoms with Crippen LogP contribution in [-0.4, -0.2) is 28.0 Å². The van der Waals surface area contributed by atoms with Gasteiger partial charge in [-0.15, -0.1) is 0 Å². The van der Waals surface area contributed by atoms with Crippen LogP contribution in [0.25, 0.3) is 0 Å². The fraction of sp³-hybridized carbons (Fsp3) is 0.333. The van der Waals surface area contributed by atoms with E-state index in [2.05, 4.69) is 17.2 Å². The van der Waals surface area contributed by atoms with Crippen molar-refractivity contribution in [1.82, 2.24) is 10.3 Å². The minimum atomic E-state index is -1.05. The van der Waals surface area contributed by atoms with Crippen molar-refractivity contribution in [3.63, 3.8) is 0 Å². The largest absolute Gasteiger partial charge is 0.477 e. The smallest absolute Gasteiger partial charge is 0.251 e. The molecule has 0 saturated carbocycles. The Balaban J connectivity index is 1.97. The molecule has 1 aromatic carbocycles. The number of unbranched alkanes of at least 4 members (excludes halogenated alkanes) is 1. The zero-order chi connectivity index (χ0) is 17.4. The van der Waals surface area contributed by atoms with Crippen LogP contribution >= 0.6 is 0 Å². The van der Waals surface area contributed by atoms with Gasteiger partial charge in [-0.3, -0.25) is 9.00 Å². The van der Waals surface area contributed by atoms with E-state index in [0.717, 1.165) is 18.4 Å². The van der Waals surface area contributed by atoms with Crippen LogP contribution < -0.4 is 10.1 Å². The topological polar surface area (TPSA) is 68.3 Å². The monoisotopic (exact) mass is 346 g/mol. The summed E-state index contributed by atoms with van der Waals surface area (Å²) in [5.74, 6) is 0.370. The molecule has 0 bridgehead atoms. The van der Waals surface area contributed by atoms with Crippen LogP contribution in [0.2, 0.25) is 0 Å². The van der Waals surface area contributed by atoms with Crippen LogP contribution in [0.4, 0.5) is 0 Å². The van der Waals surface area contributed by atoms with E-state index in [0.29, 0.717) is 29.5 Å². The second-order valence-corrected chi connectivity index (χ2v) is 6.71. The number of amides is 1. The van der Waals surface area contributed by atoms with Crippen molar-refractivity contribution in [2.75, 3.05) is 12.9 Å². The number of rotatable bonds is 8. The van der Waals surface area contributed by atoms with Crippen LogP contribution in [0.15, 0.2) is 47.5 Å². The normalized spacial score (nSPS) is 11.8. The van der Waals surface area contributed by atoms with Crippen molar-refractivity contribution in [3.05, 3.63) is 53.7 Å². The highest BCUT2D eigenvalue weighted by Gasteiger charge is 2.09. The molecule has 1 amide bonds. The van der Waals surface area contributed by atoms with Crippen LogP contribution in [0.1, 0.15) is 35.7 Å². The molecule has 0 spiro atoms. The van der Waals surface area contributed by atoms with Gasteiger partial charge in [0.1, 0.15) is 0 Å². The highest BCUT2D eigenvalue weighted by atomic mass is 32.2. The predicted molar refractivity (Wildman–Crippen MR) is 94.6 cm³/mol. The molecule has 1 unspecified atom stereocenters. The number of pyridine rings is 1. The summed E-state index contributed by atoms with van der Waals surface area (Å²) >= 11 is 0. The highest BCUT2D eigenvalue weighted by molar-refractivity contribution is 7.84. The zero-order valence-corrected chi connectivity index (χ0v) is 14.8. The maximum absolute atomic E-state index is 12.2. The SMILES string of the molecule is CCCCOc1ncccc1CNC(=O)c1ccc(S(C)=O)cc1. The summed E-state index contributed by atoms with van der Waals surface area (Å²) in [6.07, 6.45) is 5.30. The molecule has 0 fully saturated rings. The Hall–Kier alpha value is -2.21. The summed E-state index contributed by atoms with van der Waals surface area (Å²) in [5, 5.41) is 2.86. The summed E-state index contributed by atoms with van der Waals surface area (Å²) < 4.78 is 17.0. The fourth-order valence-electron chi connectivity index (χ4n) is 2.08. The Morgan fingerprint density at radius 1 is 1.25 bits per heavy atom. The summed E-state index contributed by atoms with van der Waals surface area (Å²) in [6.45, 7) is 3.06. The number of hydrogen-bond acceptors (Lipinski definition) is 4. The lowest BCUT2D eigenvalue weighted by Gasteiger charge is -2.11. The standard InChI is InChI=1S/C18H22N2O3S/c1-3-4-12-23-18-15(6-5-11-19-18)13-20-17(21)14-7-9-16(10-8-14)24(2)22/h5-11H,3-4,12-13H2,1-2H3,(H,20,21). The summed E-state index contributed by atoms with van der Waals surface area (Å²) in [7, 11) is -1.05. The number of carbonyl (C=O) groups excluding carboxylic acids is 1. The maximum Gasteiger partial charge on any atom is 0.251 e. The zero-order valence-electron chi connectivity index (χ0n) is 14.0. The number of nitrogens with zero attached hydrogens (tertiary/aromatic N) is 1. The van der Waals surface area contributed by atoms with Crippen molar-refractivity contribution in [2.24, 2.45) is 0 Å². The first-order valence-corrected chi connectivity index (χ1v) is 9.46. The molecule has 0 radical (unpaired) electrons. The minimum absolute atomic E-state index is 0.188. The molecule has 2 rings (SSSR count). The van der Waals surface area contributed by atoms with Gasteiger partial charge in [0.2, 0.25) is 5.88 Å². The van der Waals surface area contributed by atoms with E-state index >= 15 is 0 Å². The Labute approximate surface area is 144 Å². The molecule has 1 atom stereocenters. The summed E-state index contributed by atoms with van der Waals surface area (Å²) in [5.41, 5.74) is 1.37. The molecule has 5 nitrogen and oxygen atoms in total. The lowest BCUT2D eigenvalue weighted by atomic mass is 10.2. The molecule has 0 aliphatic heterocycles. The van der Waals surface area contributed by atoms with Crippen molar-refractivity contribution >= 4 is 16.7 Å². The molecule has 2 aromatic rings. The van der Waals surface area contributed by atoms with Crippen LogP contribution in [0.5, 0.6) is 5.88 Å². The van der Waals surface area contributed by atoms with E-state index < -0.39 is 10.8 Å². The van der Waals surface area contributed by atoms with Gasteiger partial charge >= 0.3 is 0 Å². The van der Waals surface area contributed by atoms with Crippen molar-refractivity contribution in [1.29, 1.82) is 0 Å². The van der Waals surface area contributed by atoms with Gasteiger partial charge in [0, 0.05) is 45.8 Å². The molecule has 128 valence electrons. The minimum Gasteiger partial charge on any atom is -0.477 e. The lowest BCUT2D eigenvalue weighted by molar-refractivity contribution is 0.0950. The number of benzene rings is 1.